The van der Waals surface area contributed by atoms with Crippen molar-refractivity contribution in [3.63, 3.8) is 0 Å². The number of aromatic nitrogens is 2. The smallest absolute Gasteiger partial charge is 0.308 e. The molecule has 1 aliphatic heterocycles. The Bertz CT molecular complexity index is 1210. The Morgan fingerprint density at radius 1 is 1.14 bits per heavy atom. The fourth-order valence-corrected chi connectivity index (χ4v) is 4.62. The second kappa shape index (κ2) is 10.00. The zero-order chi connectivity index (χ0) is 24.4. The molecule has 2 fully saturated rings. The molecule has 5 rings (SSSR count). The number of halogens is 1. The lowest BCUT2D eigenvalue weighted by Gasteiger charge is -2.26. The summed E-state index contributed by atoms with van der Waals surface area (Å²) in [5.74, 6) is -0.203. The van der Waals surface area contributed by atoms with Crippen LogP contribution in [0.5, 0.6) is 0 Å². The minimum absolute atomic E-state index is 0.0153. The molecule has 2 N–H and O–H groups in total. The van der Waals surface area contributed by atoms with E-state index in [0.29, 0.717) is 43.0 Å². The normalized spacial score (nSPS) is 19.9. The maximum Gasteiger partial charge on any atom is 0.308 e. The fraction of sp³-hybridized carbons (Fsp3) is 0.370. The number of carbonyl (C=O) groups is 2. The first-order chi connectivity index (χ1) is 17.0. The van der Waals surface area contributed by atoms with E-state index in [2.05, 4.69) is 5.32 Å². The molecule has 2 atom stereocenters. The molecule has 182 valence electrons. The number of amides is 1. The van der Waals surface area contributed by atoms with E-state index in [1.807, 2.05) is 34.9 Å². The van der Waals surface area contributed by atoms with Crippen molar-refractivity contribution >= 4 is 11.9 Å². The predicted octanol–water partition coefficient (Wildman–Crippen LogP) is 3.95. The Kier molecular flexibility index (Phi) is 6.63. The van der Waals surface area contributed by atoms with Gasteiger partial charge in [-0.2, -0.15) is 0 Å². The van der Waals surface area contributed by atoms with Crippen LogP contribution in [0.3, 0.4) is 0 Å². The highest BCUT2D eigenvalue weighted by atomic mass is 19.1. The van der Waals surface area contributed by atoms with Crippen LogP contribution < -0.4 is 5.32 Å². The van der Waals surface area contributed by atoms with Crippen LogP contribution in [0.1, 0.15) is 59.8 Å². The second-order valence-corrected chi connectivity index (χ2v) is 9.26. The molecule has 7 nitrogen and oxygen atoms in total. The van der Waals surface area contributed by atoms with E-state index in [1.54, 1.807) is 12.1 Å². The Hall–Kier alpha value is -3.52. The van der Waals surface area contributed by atoms with Gasteiger partial charge in [-0.15, -0.1) is 0 Å². The first kappa shape index (κ1) is 23.2. The Balaban J connectivity index is 1.45. The van der Waals surface area contributed by atoms with Crippen LogP contribution >= 0.6 is 0 Å². The lowest BCUT2D eigenvalue weighted by molar-refractivity contribution is -0.160. The van der Waals surface area contributed by atoms with Crippen molar-refractivity contribution < 1.29 is 23.8 Å². The molecule has 1 aliphatic carbocycles. The molecule has 2 heterocycles. The number of rotatable bonds is 8. The summed E-state index contributed by atoms with van der Waals surface area (Å²) in [4.78, 5) is 29.8. The molecule has 2 aliphatic rings. The number of aliphatic hydroxyl groups excluding tert-OH is 1. The summed E-state index contributed by atoms with van der Waals surface area (Å²) < 4.78 is 21.1. The van der Waals surface area contributed by atoms with Crippen molar-refractivity contribution in [2.24, 2.45) is 0 Å². The third-order valence-electron chi connectivity index (χ3n) is 6.49. The SMILES string of the molecule is O=C1C[C@H](O)C[C@@H](CCn2c(-c3ccc(F)cc3)nc(C(=O)NCc3ccccc3)c2C2CC2)O1. The summed E-state index contributed by atoms with van der Waals surface area (Å²) in [6.07, 6.45) is 1.70. The first-order valence-corrected chi connectivity index (χ1v) is 12.0. The monoisotopic (exact) mass is 477 g/mol. The average Bonchev–Trinajstić information content (AvgIpc) is 3.62. The quantitative estimate of drug-likeness (QED) is 0.479. The highest BCUT2D eigenvalue weighted by molar-refractivity contribution is 5.94. The average molecular weight is 478 g/mol. The second-order valence-electron chi connectivity index (χ2n) is 9.26. The number of hydrogen-bond donors (Lipinski definition) is 2. The van der Waals surface area contributed by atoms with E-state index in [4.69, 9.17) is 9.72 Å². The van der Waals surface area contributed by atoms with Crippen molar-refractivity contribution in [2.45, 2.75) is 63.3 Å². The lowest BCUT2D eigenvalue weighted by atomic mass is 10.0. The van der Waals surface area contributed by atoms with Crippen LogP contribution in [-0.4, -0.2) is 38.7 Å². The number of cyclic esters (lactones) is 1. The standard InChI is InChI=1S/C27H28FN3O4/c28-20-10-8-19(9-11-20)26-30-24(27(34)29-16-17-4-2-1-3-5-17)25(18-6-7-18)31(26)13-12-22-14-21(32)15-23(33)35-22/h1-5,8-11,18,21-22,32H,6-7,12-16H2,(H,29,34)/t21-,22-/m1/s1. The van der Waals surface area contributed by atoms with Gasteiger partial charge in [0, 0.05) is 37.4 Å². The van der Waals surface area contributed by atoms with Crippen molar-refractivity contribution in [3.05, 3.63) is 77.4 Å². The van der Waals surface area contributed by atoms with Crippen molar-refractivity contribution in [3.8, 4) is 11.4 Å². The van der Waals surface area contributed by atoms with Crippen LogP contribution in [-0.2, 0) is 22.6 Å². The molecule has 8 heteroatoms. The van der Waals surface area contributed by atoms with E-state index >= 15 is 0 Å². The number of aliphatic hydroxyl groups is 1. The highest BCUT2D eigenvalue weighted by Gasteiger charge is 2.35. The lowest BCUT2D eigenvalue weighted by Crippen LogP contribution is -2.33. The summed E-state index contributed by atoms with van der Waals surface area (Å²) in [7, 11) is 0. The summed E-state index contributed by atoms with van der Waals surface area (Å²) in [5, 5.41) is 13.0. The molecule has 0 radical (unpaired) electrons. The maximum atomic E-state index is 13.6. The van der Waals surface area contributed by atoms with Crippen LogP contribution in [0.15, 0.2) is 54.6 Å². The van der Waals surface area contributed by atoms with Crippen molar-refractivity contribution in [1.82, 2.24) is 14.9 Å². The van der Waals surface area contributed by atoms with E-state index < -0.39 is 18.2 Å². The highest BCUT2D eigenvalue weighted by Crippen LogP contribution is 2.43. The van der Waals surface area contributed by atoms with E-state index in [9.17, 15) is 19.1 Å². The topological polar surface area (TPSA) is 93.5 Å². The first-order valence-electron chi connectivity index (χ1n) is 12.0. The molecule has 1 aromatic heterocycles. The maximum absolute atomic E-state index is 13.6. The van der Waals surface area contributed by atoms with Gasteiger partial charge in [0.1, 0.15) is 23.4 Å². The molecular formula is C27H28FN3O4. The number of esters is 1. The van der Waals surface area contributed by atoms with Gasteiger partial charge < -0.3 is 19.7 Å². The molecule has 1 saturated carbocycles. The van der Waals surface area contributed by atoms with E-state index in [0.717, 1.165) is 24.1 Å². The minimum atomic E-state index is -0.706. The molecule has 0 bridgehead atoms. The third-order valence-corrected chi connectivity index (χ3v) is 6.49. The van der Waals surface area contributed by atoms with E-state index in [-0.39, 0.29) is 24.1 Å². The fourth-order valence-electron chi connectivity index (χ4n) is 4.62. The van der Waals surface area contributed by atoms with Gasteiger partial charge in [-0.05, 0) is 42.7 Å². The predicted molar refractivity (Wildman–Crippen MR) is 127 cm³/mol. The van der Waals surface area contributed by atoms with Crippen molar-refractivity contribution in [2.75, 3.05) is 0 Å². The molecular weight excluding hydrogens is 449 g/mol. The van der Waals surface area contributed by atoms with Gasteiger partial charge >= 0.3 is 5.97 Å². The minimum Gasteiger partial charge on any atom is -0.462 e. The summed E-state index contributed by atoms with van der Waals surface area (Å²) >= 11 is 0. The Morgan fingerprint density at radius 3 is 2.57 bits per heavy atom. The number of carbonyl (C=O) groups excluding carboxylic acids is 2. The van der Waals surface area contributed by atoms with Crippen molar-refractivity contribution in [1.29, 1.82) is 0 Å². The van der Waals surface area contributed by atoms with Crippen LogP contribution in [0.2, 0.25) is 0 Å². The zero-order valence-electron chi connectivity index (χ0n) is 19.3. The van der Waals surface area contributed by atoms with Gasteiger partial charge in [-0.25, -0.2) is 9.37 Å². The van der Waals surface area contributed by atoms with Gasteiger partial charge in [0.15, 0.2) is 0 Å². The van der Waals surface area contributed by atoms with Gasteiger partial charge in [-0.3, -0.25) is 9.59 Å². The molecule has 1 amide bonds. The third kappa shape index (κ3) is 5.43. The number of benzene rings is 2. The molecule has 1 saturated heterocycles. The van der Waals surface area contributed by atoms with Crippen LogP contribution in [0.4, 0.5) is 4.39 Å². The van der Waals surface area contributed by atoms with Gasteiger partial charge in [0.05, 0.1) is 18.2 Å². The molecule has 35 heavy (non-hydrogen) atoms. The largest absolute Gasteiger partial charge is 0.462 e. The number of nitrogens with one attached hydrogen (secondary N) is 1. The van der Waals surface area contributed by atoms with Crippen LogP contribution in [0.25, 0.3) is 11.4 Å². The Morgan fingerprint density at radius 2 is 1.89 bits per heavy atom. The number of ether oxygens (including phenoxy) is 1. The van der Waals surface area contributed by atoms with Crippen LogP contribution in [0, 0.1) is 5.82 Å². The van der Waals surface area contributed by atoms with E-state index in [1.165, 1.54) is 12.1 Å². The molecule has 3 aromatic rings. The Labute approximate surface area is 202 Å². The molecule has 0 unspecified atom stereocenters. The zero-order valence-corrected chi connectivity index (χ0v) is 19.3. The molecule has 2 aromatic carbocycles. The number of hydrogen-bond acceptors (Lipinski definition) is 5. The molecule has 0 spiro atoms. The van der Waals surface area contributed by atoms with Gasteiger partial charge in [0.25, 0.3) is 5.91 Å². The van der Waals surface area contributed by atoms with Gasteiger partial charge in [0.2, 0.25) is 0 Å². The number of imidazole rings is 1. The summed E-state index contributed by atoms with van der Waals surface area (Å²) in [6.45, 7) is 0.848. The van der Waals surface area contributed by atoms with Gasteiger partial charge in [-0.1, -0.05) is 30.3 Å². The number of nitrogens with zero attached hydrogens (tertiary/aromatic N) is 2. The summed E-state index contributed by atoms with van der Waals surface area (Å²) in [5.41, 5.74) is 2.93. The summed E-state index contributed by atoms with van der Waals surface area (Å²) in [6, 6.07) is 15.7.